The monoisotopic (exact) mass is 825 g/mol. The van der Waals surface area contributed by atoms with Crippen LogP contribution in [0.15, 0.2) is 241 Å². The van der Waals surface area contributed by atoms with Gasteiger partial charge in [-0.1, -0.05) is 188 Å². The second-order valence-electron chi connectivity index (χ2n) is 17.5. The molecule has 0 fully saturated rings. The number of anilines is 3. The van der Waals surface area contributed by atoms with Crippen LogP contribution in [-0.4, -0.2) is 0 Å². The third-order valence-corrected chi connectivity index (χ3v) is 14.3. The molecule has 2 aliphatic carbocycles. The molecule has 0 saturated heterocycles. The summed E-state index contributed by atoms with van der Waals surface area (Å²) < 4.78 is 6.40. The van der Waals surface area contributed by atoms with E-state index in [9.17, 15) is 0 Å². The zero-order valence-corrected chi connectivity index (χ0v) is 35.4. The number of fused-ring (bicyclic) bond motifs is 20. The smallest absolute Gasteiger partial charge is 0.135 e. The lowest BCUT2D eigenvalue weighted by Crippen LogP contribution is -2.30. The Morgan fingerprint density at radius 3 is 1.54 bits per heavy atom. The van der Waals surface area contributed by atoms with Crippen LogP contribution in [0.2, 0.25) is 0 Å². The fourth-order valence-corrected chi connectivity index (χ4v) is 11.6. The molecule has 1 unspecified atom stereocenters. The first kappa shape index (κ1) is 36.1. The van der Waals surface area contributed by atoms with E-state index in [1.807, 2.05) is 6.07 Å². The van der Waals surface area contributed by atoms with Crippen molar-refractivity contribution in [3.05, 3.63) is 259 Å². The first-order chi connectivity index (χ1) is 32.3. The van der Waals surface area contributed by atoms with Crippen molar-refractivity contribution in [2.45, 2.75) is 5.41 Å². The largest absolute Gasteiger partial charge is 0.456 e. The van der Waals surface area contributed by atoms with Crippen LogP contribution in [0.25, 0.3) is 88.0 Å². The highest BCUT2D eigenvalue weighted by atomic mass is 16.3. The Morgan fingerprint density at radius 2 is 0.785 bits per heavy atom. The van der Waals surface area contributed by atoms with Crippen LogP contribution in [0.1, 0.15) is 22.3 Å². The first-order valence-electron chi connectivity index (χ1n) is 22.5. The predicted molar refractivity (Wildman–Crippen MR) is 271 cm³/mol. The van der Waals surface area contributed by atoms with Crippen molar-refractivity contribution in [1.29, 1.82) is 0 Å². The van der Waals surface area contributed by atoms with Gasteiger partial charge in [0.1, 0.15) is 11.2 Å². The maximum atomic E-state index is 6.40. The van der Waals surface area contributed by atoms with Gasteiger partial charge in [0.25, 0.3) is 0 Å². The number of hydrogen-bond donors (Lipinski definition) is 0. The van der Waals surface area contributed by atoms with Gasteiger partial charge in [-0.2, -0.15) is 0 Å². The minimum absolute atomic E-state index is 0.690. The molecule has 1 aromatic heterocycles. The van der Waals surface area contributed by atoms with E-state index in [0.717, 1.165) is 39.0 Å². The zero-order valence-electron chi connectivity index (χ0n) is 35.4. The number of hydrogen-bond acceptors (Lipinski definition) is 2. The SMILES string of the molecule is c1ccc(-c2ccc(N(c3ccc4c(c3)C3(c5ccccc5-c5ccccc5-4)c4ccccc4-c4c3c3ccccc3c3ccccc43)c3ccc4oc5ccccc5c4c3)cc2)cc1. The summed E-state index contributed by atoms with van der Waals surface area (Å²) in [6.45, 7) is 0. The Kier molecular flexibility index (Phi) is 7.64. The van der Waals surface area contributed by atoms with Gasteiger partial charge >= 0.3 is 0 Å². The van der Waals surface area contributed by atoms with E-state index in [1.54, 1.807) is 0 Å². The van der Waals surface area contributed by atoms with Crippen LogP contribution in [0.3, 0.4) is 0 Å². The zero-order chi connectivity index (χ0) is 42.6. The molecule has 302 valence electrons. The summed E-state index contributed by atoms with van der Waals surface area (Å²) in [6, 6.07) is 87.5. The summed E-state index contributed by atoms with van der Waals surface area (Å²) in [5.41, 5.74) is 19.4. The molecule has 12 aromatic rings. The summed E-state index contributed by atoms with van der Waals surface area (Å²) >= 11 is 0. The van der Waals surface area contributed by atoms with Gasteiger partial charge in [0, 0.05) is 27.8 Å². The minimum Gasteiger partial charge on any atom is -0.456 e. The lowest BCUT2D eigenvalue weighted by atomic mass is 9.64. The maximum absolute atomic E-state index is 6.40. The standard InChI is InChI=1S/C63H39NO/c1-2-16-40(17-3-1)41-30-32-42(33-31-41)64(43-35-37-60-55(38-43)51-23-12-15-29-59(51)65-60)44-34-36-50-46-19-5-4-18-45(46)49-22-10-13-27-56(49)63(58(50)39-44)57-28-14-11-26-54(57)61-52-24-8-6-20-47(52)48-21-7-9-25-53(48)62(61)63/h1-39H. The highest BCUT2D eigenvalue weighted by Gasteiger charge is 2.51. The van der Waals surface area contributed by atoms with Crippen LogP contribution in [0.4, 0.5) is 17.1 Å². The Balaban J connectivity index is 1.12. The van der Waals surface area contributed by atoms with Crippen molar-refractivity contribution >= 4 is 60.5 Å². The van der Waals surface area contributed by atoms with E-state index < -0.39 is 5.41 Å². The lowest BCUT2D eigenvalue weighted by molar-refractivity contribution is 0.669. The molecule has 14 rings (SSSR count). The van der Waals surface area contributed by atoms with E-state index in [-0.39, 0.29) is 0 Å². The van der Waals surface area contributed by atoms with Crippen molar-refractivity contribution < 1.29 is 4.42 Å². The molecular weight excluding hydrogens is 787 g/mol. The summed E-state index contributed by atoms with van der Waals surface area (Å²) in [5.74, 6) is 0. The molecule has 2 heteroatoms. The molecule has 0 bridgehead atoms. The van der Waals surface area contributed by atoms with E-state index in [2.05, 4.69) is 235 Å². The molecule has 1 spiro atoms. The molecular formula is C63H39NO. The first-order valence-corrected chi connectivity index (χ1v) is 22.5. The van der Waals surface area contributed by atoms with Crippen molar-refractivity contribution in [2.24, 2.45) is 0 Å². The van der Waals surface area contributed by atoms with E-state index in [4.69, 9.17) is 4.42 Å². The van der Waals surface area contributed by atoms with Gasteiger partial charge in [0.05, 0.1) is 5.41 Å². The van der Waals surface area contributed by atoms with E-state index >= 15 is 0 Å². The highest BCUT2D eigenvalue weighted by Crippen LogP contribution is 2.64. The van der Waals surface area contributed by atoms with Gasteiger partial charge < -0.3 is 9.32 Å². The molecule has 65 heavy (non-hydrogen) atoms. The van der Waals surface area contributed by atoms with Crippen LogP contribution in [0, 0.1) is 0 Å². The average Bonchev–Trinajstić information content (AvgIpc) is 3.88. The third kappa shape index (κ3) is 5.05. The van der Waals surface area contributed by atoms with Gasteiger partial charge in [-0.3, -0.25) is 0 Å². The summed E-state index contributed by atoms with van der Waals surface area (Å²) in [6.07, 6.45) is 0. The predicted octanol–water partition coefficient (Wildman–Crippen LogP) is 17.0. The molecule has 1 atom stereocenters. The molecule has 2 nitrogen and oxygen atoms in total. The second kappa shape index (κ2) is 13.8. The Hall–Kier alpha value is -8.46. The van der Waals surface area contributed by atoms with Crippen molar-refractivity contribution in [3.63, 3.8) is 0 Å². The van der Waals surface area contributed by atoms with Crippen molar-refractivity contribution in [3.8, 4) is 44.5 Å². The van der Waals surface area contributed by atoms with Gasteiger partial charge in [-0.15, -0.1) is 0 Å². The molecule has 0 radical (unpaired) electrons. The van der Waals surface area contributed by atoms with Crippen molar-refractivity contribution in [1.82, 2.24) is 0 Å². The maximum Gasteiger partial charge on any atom is 0.135 e. The number of para-hydroxylation sites is 1. The summed E-state index contributed by atoms with van der Waals surface area (Å²) in [5, 5.41) is 7.31. The number of nitrogens with zero attached hydrogens (tertiary/aromatic N) is 1. The highest BCUT2D eigenvalue weighted by molar-refractivity contribution is 6.20. The molecule has 0 aliphatic heterocycles. The Morgan fingerprint density at radius 1 is 0.292 bits per heavy atom. The molecule has 2 aliphatic rings. The summed E-state index contributed by atoms with van der Waals surface area (Å²) in [4.78, 5) is 2.44. The number of furan rings is 1. The number of benzene rings is 11. The second-order valence-corrected chi connectivity index (χ2v) is 17.5. The van der Waals surface area contributed by atoms with Gasteiger partial charge in [0.15, 0.2) is 0 Å². The van der Waals surface area contributed by atoms with E-state index in [0.29, 0.717) is 0 Å². The van der Waals surface area contributed by atoms with E-state index in [1.165, 1.54) is 88.3 Å². The lowest BCUT2D eigenvalue weighted by Gasteiger charge is -2.37. The van der Waals surface area contributed by atoms with Crippen LogP contribution in [0.5, 0.6) is 0 Å². The Labute approximate surface area is 376 Å². The van der Waals surface area contributed by atoms with Crippen LogP contribution >= 0.6 is 0 Å². The fourth-order valence-electron chi connectivity index (χ4n) is 11.6. The quantitative estimate of drug-likeness (QED) is 0.164. The molecule has 1 heterocycles. The third-order valence-electron chi connectivity index (χ3n) is 14.3. The van der Waals surface area contributed by atoms with Gasteiger partial charge in [0.2, 0.25) is 0 Å². The number of rotatable bonds is 4. The van der Waals surface area contributed by atoms with Crippen molar-refractivity contribution in [2.75, 3.05) is 4.90 Å². The fraction of sp³-hybridized carbons (Fsp3) is 0.0159. The average molecular weight is 826 g/mol. The normalized spacial score (nSPS) is 14.5. The molecule has 11 aromatic carbocycles. The summed E-state index contributed by atoms with van der Waals surface area (Å²) in [7, 11) is 0. The Bertz CT molecular complexity index is 3900. The molecule has 0 amide bonds. The molecule has 0 saturated carbocycles. The van der Waals surface area contributed by atoms with Crippen LogP contribution in [-0.2, 0) is 5.41 Å². The minimum atomic E-state index is -0.690. The van der Waals surface area contributed by atoms with Gasteiger partial charge in [-0.25, -0.2) is 0 Å². The molecule has 0 N–H and O–H groups in total. The van der Waals surface area contributed by atoms with Gasteiger partial charge in [-0.05, 0) is 137 Å². The topological polar surface area (TPSA) is 16.4 Å². The van der Waals surface area contributed by atoms with Crippen LogP contribution < -0.4 is 4.90 Å².